The highest BCUT2D eigenvalue weighted by atomic mass is 16.3. The first kappa shape index (κ1) is 8.07. The van der Waals surface area contributed by atoms with Crippen molar-refractivity contribution in [2.45, 2.75) is 6.61 Å². The Morgan fingerprint density at radius 2 is 2.31 bits per heavy atom. The number of nitrogens with zero attached hydrogens (tertiary/aromatic N) is 2. The maximum absolute atomic E-state index is 9.06. The van der Waals surface area contributed by atoms with Crippen LogP contribution in [0.5, 0.6) is 0 Å². The molecule has 0 saturated carbocycles. The summed E-state index contributed by atoms with van der Waals surface area (Å²) in [5.41, 5.74) is 7.91. The molecular weight excluding hydrogens is 166 g/mol. The van der Waals surface area contributed by atoms with E-state index in [1.807, 2.05) is 19.3 Å². The molecule has 3 N–H and O–H groups in total. The average Bonchev–Trinajstić information content (AvgIpc) is 2.43. The minimum Gasteiger partial charge on any atom is -0.399 e. The normalized spacial score (nSPS) is 10.9. The summed E-state index contributed by atoms with van der Waals surface area (Å²) >= 11 is 0. The SMILES string of the molecule is Cn1cc2cc(N)cc(CO)c2n1. The molecule has 1 aromatic heterocycles. The third kappa shape index (κ3) is 1.25. The van der Waals surface area contributed by atoms with Crippen molar-refractivity contribution in [3.05, 3.63) is 23.9 Å². The number of aliphatic hydroxyl groups is 1. The van der Waals surface area contributed by atoms with Crippen LogP contribution in [0.4, 0.5) is 5.69 Å². The van der Waals surface area contributed by atoms with E-state index in [-0.39, 0.29) is 6.61 Å². The molecule has 0 aliphatic rings. The smallest absolute Gasteiger partial charge is 0.0979 e. The number of nitrogen functional groups attached to an aromatic ring is 1. The van der Waals surface area contributed by atoms with E-state index in [2.05, 4.69) is 5.10 Å². The molecule has 0 atom stereocenters. The monoisotopic (exact) mass is 177 g/mol. The third-order valence-corrected chi connectivity index (χ3v) is 1.99. The van der Waals surface area contributed by atoms with Gasteiger partial charge in [0.15, 0.2) is 0 Å². The lowest BCUT2D eigenvalue weighted by Crippen LogP contribution is -1.91. The van der Waals surface area contributed by atoms with Gasteiger partial charge in [-0.2, -0.15) is 5.10 Å². The Balaban J connectivity index is 2.80. The number of anilines is 1. The highest BCUT2D eigenvalue weighted by Crippen LogP contribution is 2.20. The summed E-state index contributed by atoms with van der Waals surface area (Å²) in [6.07, 6.45) is 1.88. The zero-order valence-electron chi connectivity index (χ0n) is 7.36. The third-order valence-electron chi connectivity index (χ3n) is 1.99. The number of aryl methyl sites for hydroxylation is 1. The van der Waals surface area contributed by atoms with Gasteiger partial charge < -0.3 is 10.8 Å². The topological polar surface area (TPSA) is 64.1 Å². The molecule has 0 saturated heterocycles. The van der Waals surface area contributed by atoms with Gasteiger partial charge in [0.25, 0.3) is 0 Å². The lowest BCUT2D eigenvalue weighted by atomic mass is 10.1. The van der Waals surface area contributed by atoms with Crippen LogP contribution < -0.4 is 5.73 Å². The second-order valence-corrected chi connectivity index (χ2v) is 3.08. The Morgan fingerprint density at radius 1 is 1.54 bits per heavy atom. The van der Waals surface area contributed by atoms with Crippen LogP contribution in [0.1, 0.15) is 5.56 Å². The number of rotatable bonds is 1. The van der Waals surface area contributed by atoms with E-state index in [0.29, 0.717) is 5.69 Å². The summed E-state index contributed by atoms with van der Waals surface area (Å²) in [5.74, 6) is 0. The summed E-state index contributed by atoms with van der Waals surface area (Å²) in [6, 6.07) is 3.59. The second-order valence-electron chi connectivity index (χ2n) is 3.08. The summed E-state index contributed by atoms with van der Waals surface area (Å²) in [5, 5.41) is 14.3. The van der Waals surface area contributed by atoms with Crippen LogP contribution in [0.25, 0.3) is 10.9 Å². The first-order chi connectivity index (χ1) is 6.20. The molecule has 2 aromatic rings. The van der Waals surface area contributed by atoms with E-state index in [0.717, 1.165) is 16.5 Å². The number of fused-ring (bicyclic) bond motifs is 1. The zero-order chi connectivity index (χ0) is 9.42. The molecule has 68 valence electrons. The van der Waals surface area contributed by atoms with E-state index in [4.69, 9.17) is 10.8 Å². The van der Waals surface area contributed by atoms with Gasteiger partial charge in [-0.3, -0.25) is 4.68 Å². The van der Waals surface area contributed by atoms with E-state index in [1.165, 1.54) is 0 Å². The molecule has 4 nitrogen and oxygen atoms in total. The van der Waals surface area contributed by atoms with Gasteiger partial charge in [0.05, 0.1) is 12.1 Å². The quantitative estimate of drug-likeness (QED) is 0.628. The van der Waals surface area contributed by atoms with E-state index in [1.54, 1.807) is 10.7 Å². The van der Waals surface area contributed by atoms with Gasteiger partial charge >= 0.3 is 0 Å². The predicted octanol–water partition coefficient (Wildman–Crippen LogP) is 0.648. The van der Waals surface area contributed by atoms with Gasteiger partial charge in [-0.15, -0.1) is 0 Å². The van der Waals surface area contributed by atoms with Gasteiger partial charge in [0.1, 0.15) is 0 Å². The van der Waals surface area contributed by atoms with Crippen molar-refractivity contribution < 1.29 is 5.11 Å². The van der Waals surface area contributed by atoms with E-state index in [9.17, 15) is 0 Å². The average molecular weight is 177 g/mol. The van der Waals surface area contributed by atoms with Gasteiger partial charge in [-0.1, -0.05) is 0 Å². The molecule has 0 aliphatic heterocycles. The number of nitrogens with two attached hydrogens (primary N) is 1. The minimum atomic E-state index is -0.0292. The summed E-state index contributed by atoms with van der Waals surface area (Å²) in [4.78, 5) is 0. The summed E-state index contributed by atoms with van der Waals surface area (Å²) in [7, 11) is 1.84. The lowest BCUT2D eigenvalue weighted by Gasteiger charge is -1.98. The van der Waals surface area contributed by atoms with Gasteiger partial charge in [0, 0.05) is 29.9 Å². The highest BCUT2D eigenvalue weighted by molar-refractivity contribution is 5.84. The predicted molar refractivity (Wildman–Crippen MR) is 51.0 cm³/mol. The molecule has 1 aromatic carbocycles. The first-order valence-electron chi connectivity index (χ1n) is 4.03. The van der Waals surface area contributed by atoms with Crippen molar-refractivity contribution in [3.63, 3.8) is 0 Å². The molecule has 13 heavy (non-hydrogen) atoms. The second kappa shape index (κ2) is 2.74. The number of benzene rings is 1. The van der Waals surface area contributed by atoms with Crippen LogP contribution in [-0.2, 0) is 13.7 Å². The van der Waals surface area contributed by atoms with Crippen LogP contribution in [-0.4, -0.2) is 14.9 Å². The standard InChI is InChI=1S/C9H11N3O/c1-12-4-6-2-8(10)3-7(5-13)9(6)11-12/h2-4,13H,5,10H2,1H3. The first-order valence-corrected chi connectivity index (χ1v) is 4.03. The van der Waals surface area contributed by atoms with Crippen molar-refractivity contribution >= 4 is 16.6 Å². The molecule has 0 unspecified atom stereocenters. The fraction of sp³-hybridized carbons (Fsp3) is 0.222. The van der Waals surface area contributed by atoms with Gasteiger partial charge in [-0.05, 0) is 12.1 Å². The number of aromatic nitrogens is 2. The maximum atomic E-state index is 9.06. The van der Waals surface area contributed by atoms with Crippen LogP contribution in [0.15, 0.2) is 18.3 Å². The molecule has 0 aliphatic carbocycles. The Morgan fingerprint density at radius 3 is 3.00 bits per heavy atom. The van der Waals surface area contributed by atoms with Crippen LogP contribution in [0, 0.1) is 0 Å². The molecule has 1 heterocycles. The Labute approximate surface area is 75.6 Å². The van der Waals surface area contributed by atoms with Crippen molar-refractivity contribution in [1.29, 1.82) is 0 Å². The van der Waals surface area contributed by atoms with Crippen molar-refractivity contribution in [2.75, 3.05) is 5.73 Å². The van der Waals surface area contributed by atoms with Crippen LogP contribution >= 0.6 is 0 Å². The Bertz CT molecular complexity index is 447. The number of aliphatic hydroxyl groups excluding tert-OH is 1. The number of hydrogen-bond acceptors (Lipinski definition) is 3. The highest BCUT2D eigenvalue weighted by Gasteiger charge is 2.05. The molecule has 0 amide bonds. The molecule has 4 heteroatoms. The maximum Gasteiger partial charge on any atom is 0.0979 e. The minimum absolute atomic E-state index is 0.0292. The lowest BCUT2D eigenvalue weighted by molar-refractivity contribution is 0.283. The fourth-order valence-electron chi connectivity index (χ4n) is 1.47. The summed E-state index contributed by atoms with van der Waals surface area (Å²) in [6.45, 7) is -0.0292. The van der Waals surface area contributed by atoms with Crippen molar-refractivity contribution in [2.24, 2.45) is 7.05 Å². The molecular formula is C9H11N3O. The van der Waals surface area contributed by atoms with Gasteiger partial charge in [-0.25, -0.2) is 0 Å². The largest absolute Gasteiger partial charge is 0.399 e. The van der Waals surface area contributed by atoms with E-state index >= 15 is 0 Å². The molecule has 2 rings (SSSR count). The van der Waals surface area contributed by atoms with Crippen LogP contribution in [0.3, 0.4) is 0 Å². The van der Waals surface area contributed by atoms with Crippen LogP contribution in [0.2, 0.25) is 0 Å². The summed E-state index contributed by atoms with van der Waals surface area (Å²) < 4.78 is 1.71. The Kier molecular flexibility index (Phi) is 1.70. The zero-order valence-corrected chi connectivity index (χ0v) is 7.36. The van der Waals surface area contributed by atoms with Gasteiger partial charge in [0.2, 0.25) is 0 Å². The fourth-order valence-corrected chi connectivity index (χ4v) is 1.47. The van der Waals surface area contributed by atoms with Crippen molar-refractivity contribution in [3.8, 4) is 0 Å². The van der Waals surface area contributed by atoms with E-state index < -0.39 is 0 Å². The molecule has 0 fully saturated rings. The molecule has 0 spiro atoms. The molecule has 0 radical (unpaired) electrons. The van der Waals surface area contributed by atoms with Crippen molar-refractivity contribution in [1.82, 2.24) is 9.78 Å². The Hall–Kier alpha value is -1.55. The molecule has 0 bridgehead atoms. The number of hydrogen-bond donors (Lipinski definition) is 2.